The van der Waals surface area contributed by atoms with E-state index in [-0.39, 0.29) is 36.0 Å². The average molecular weight is 493 g/mol. The number of carboxylic acids is 1. The number of carbonyl (C=O) groups is 1. The molecule has 6 nitrogen and oxygen atoms in total. The lowest BCUT2D eigenvalue weighted by molar-refractivity contribution is -0.132. The van der Waals surface area contributed by atoms with Crippen molar-refractivity contribution in [1.82, 2.24) is 0 Å². The number of hydrogen-bond acceptors (Lipinski definition) is 5. The van der Waals surface area contributed by atoms with Crippen LogP contribution in [0.2, 0.25) is 0 Å². The highest BCUT2D eigenvalue weighted by Crippen LogP contribution is 2.55. The van der Waals surface area contributed by atoms with E-state index in [0.29, 0.717) is 17.9 Å². The molecule has 1 fully saturated rings. The molecule has 0 aliphatic heterocycles. The Morgan fingerprint density at radius 2 is 1.77 bits per heavy atom. The summed E-state index contributed by atoms with van der Waals surface area (Å²) in [5.41, 5.74) is 0.933. The monoisotopic (exact) mass is 492 g/mol. The zero-order chi connectivity index (χ0) is 26.7. The summed E-state index contributed by atoms with van der Waals surface area (Å²) in [4.78, 5) is 11.7. The van der Waals surface area contributed by atoms with Gasteiger partial charge in [-0.05, 0) is 63.2 Å². The van der Waals surface area contributed by atoms with Crippen LogP contribution in [0.5, 0.6) is 0 Å². The molecule has 0 aromatic heterocycles. The largest absolute Gasteiger partial charge is 0.478 e. The van der Waals surface area contributed by atoms with Crippen LogP contribution in [-0.4, -0.2) is 55.9 Å². The molecule has 0 bridgehead atoms. The lowest BCUT2D eigenvalue weighted by atomic mass is 9.52. The first-order valence-electron chi connectivity index (χ1n) is 13.2. The summed E-state index contributed by atoms with van der Waals surface area (Å²) in [6, 6.07) is 0. The maximum absolute atomic E-state index is 11.7. The third-order valence-corrected chi connectivity index (χ3v) is 8.80. The number of fused-ring (bicyclic) bond motifs is 1. The molecule has 0 radical (unpaired) electrons. The molecule has 1 saturated carbocycles. The van der Waals surface area contributed by atoms with Gasteiger partial charge >= 0.3 is 5.97 Å². The molecule has 0 unspecified atom stereocenters. The summed E-state index contributed by atoms with van der Waals surface area (Å²) in [6.45, 7) is 13.5. The van der Waals surface area contributed by atoms with Crippen molar-refractivity contribution in [3.05, 3.63) is 35.5 Å². The summed E-state index contributed by atoms with van der Waals surface area (Å²) in [5.74, 6) is -0.915. The van der Waals surface area contributed by atoms with Crippen molar-refractivity contribution in [2.45, 2.75) is 98.6 Å². The van der Waals surface area contributed by atoms with E-state index in [1.165, 1.54) is 0 Å². The second kappa shape index (κ2) is 12.2. The Hall–Kier alpha value is -1.47. The van der Waals surface area contributed by atoms with Gasteiger partial charge in [-0.1, -0.05) is 64.5 Å². The van der Waals surface area contributed by atoms with Crippen LogP contribution in [0.4, 0.5) is 0 Å². The van der Waals surface area contributed by atoms with Gasteiger partial charge in [-0.15, -0.1) is 0 Å². The van der Waals surface area contributed by atoms with Crippen LogP contribution < -0.4 is 0 Å². The fourth-order valence-electron chi connectivity index (χ4n) is 6.33. The third kappa shape index (κ3) is 6.85. The van der Waals surface area contributed by atoms with Gasteiger partial charge in [0.15, 0.2) is 0 Å². The number of aliphatic hydroxyl groups excluding tert-OH is 4. The van der Waals surface area contributed by atoms with Crippen LogP contribution in [0.1, 0.15) is 74.1 Å². The molecule has 0 aromatic rings. The molecule has 0 aromatic carbocycles. The first-order chi connectivity index (χ1) is 16.2. The van der Waals surface area contributed by atoms with E-state index in [0.717, 1.165) is 18.4 Å². The Labute approximate surface area is 211 Å². The van der Waals surface area contributed by atoms with Gasteiger partial charge in [0.05, 0.1) is 24.4 Å². The van der Waals surface area contributed by atoms with E-state index in [9.17, 15) is 30.3 Å². The number of hydrogen-bond donors (Lipinski definition) is 5. The van der Waals surface area contributed by atoms with Crippen molar-refractivity contribution in [1.29, 1.82) is 0 Å². The quantitative estimate of drug-likeness (QED) is 0.229. The Kier molecular flexibility index (Phi) is 10.4. The number of rotatable bonds is 10. The van der Waals surface area contributed by atoms with Gasteiger partial charge in [0.2, 0.25) is 0 Å². The minimum atomic E-state index is -0.937. The zero-order valence-electron chi connectivity index (χ0n) is 22.6. The molecule has 200 valence electrons. The summed E-state index contributed by atoms with van der Waals surface area (Å²) in [6.07, 6.45) is 7.62. The Morgan fingerprint density at radius 3 is 2.34 bits per heavy atom. The molecule has 5 N–H and O–H groups in total. The first kappa shape index (κ1) is 29.8. The van der Waals surface area contributed by atoms with E-state index < -0.39 is 35.8 Å². The summed E-state index contributed by atoms with van der Waals surface area (Å²) in [7, 11) is 0. The standard InChI is InChI=1S/C29H48O6/c1-16(2)27(33)20(6)24(31)15-21(30)10-8-17(3)22-12-13-29(7)25(32)11-9-18(4)26(29)23(22)14-19(5)28(34)35/h8,12-14,16,18,20-27,30-33H,9-11,15H2,1-7H3,(H,34,35)/b17-8+,19-14+/t18-,20-,21-,22-,23-,24+,25+,26+,27-,29+/m0/s1. The number of allylic oxidation sites excluding steroid dienone is 3. The van der Waals surface area contributed by atoms with E-state index in [1.807, 2.05) is 32.9 Å². The minimum Gasteiger partial charge on any atom is -0.478 e. The van der Waals surface area contributed by atoms with Gasteiger partial charge in [0.1, 0.15) is 0 Å². The highest BCUT2D eigenvalue weighted by Gasteiger charge is 2.51. The zero-order valence-corrected chi connectivity index (χ0v) is 22.6. The second-order valence-corrected chi connectivity index (χ2v) is 11.8. The smallest absolute Gasteiger partial charge is 0.330 e. The highest BCUT2D eigenvalue weighted by atomic mass is 16.4. The van der Waals surface area contributed by atoms with E-state index in [4.69, 9.17) is 0 Å². The van der Waals surface area contributed by atoms with Crippen molar-refractivity contribution in [3.63, 3.8) is 0 Å². The van der Waals surface area contributed by atoms with Gasteiger partial charge in [-0.25, -0.2) is 4.79 Å². The Balaban J connectivity index is 2.26. The highest BCUT2D eigenvalue weighted by molar-refractivity contribution is 5.85. The molecule has 6 heteroatoms. The van der Waals surface area contributed by atoms with Crippen molar-refractivity contribution in [2.75, 3.05) is 0 Å². The molecule has 0 heterocycles. The molecule has 0 spiro atoms. The molecule has 2 rings (SSSR count). The molecule has 0 saturated heterocycles. The van der Waals surface area contributed by atoms with Crippen LogP contribution in [0.25, 0.3) is 0 Å². The molecular weight excluding hydrogens is 444 g/mol. The molecular formula is C29H48O6. The van der Waals surface area contributed by atoms with Gasteiger partial charge in [-0.3, -0.25) is 0 Å². The molecule has 10 atom stereocenters. The predicted molar refractivity (Wildman–Crippen MR) is 139 cm³/mol. The molecule has 35 heavy (non-hydrogen) atoms. The topological polar surface area (TPSA) is 118 Å². The van der Waals surface area contributed by atoms with Crippen LogP contribution in [0.15, 0.2) is 35.5 Å². The molecule has 2 aliphatic carbocycles. The lowest BCUT2D eigenvalue weighted by Gasteiger charge is -2.54. The Bertz CT molecular complexity index is 814. The van der Waals surface area contributed by atoms with E-state index >= 15 is 0 Å². The van der Waals surface area contributed by atoms with Crippen molar-refractivity contribution in [3.8, 4) is 0 Å². The lowest BCUT2D eigenvalue weighted by Crippen LogP contribution is -2.51. The first-order valence-corrected chi connectivity index (χ1v) is 13.2. The van der Waals surface area contributed by atoms with Crippen molar-refractivity contribution >= 4 is 5.97 Å². The van der Waals surface area contributed by atoms with Crippen LogP contribution in [0.3, 0.4) is 0 Å². The van der Waals surface area contributed by atoms with E-state index in [2.05, 4.69) is 26.0 Å². The average Bonchev–Trinajstić information content (AvgIpc) is 2.78. The third-order valence-electron chi connectivity index (χ3n) is 8.80. The van der Waals surface area contributed by atoms with Crippen LogP contribution in [-0.2, 0) is 4.79 Å². The summed E-state index contributed by atoms with van der Waals surface area (Å²) in [5, 5.41) is 51.8. The molecule has 2 aliphatic rings. The SMILES string of the molecule is C/C(=C\[C@@H]1[C@H]2[C@@H](C)CC[C@@H](O)[C@@]2(C)C=C[C@H]1/C(C)=C/C[C@H](O)C[C@@H](O)[C@H](C)[C@@H](O)C(C)C)C(=O)O. The van der Waals surface area contributed by atoms with Gasteiger partial charge in [0.25, 0.3) is 0 Å². The van der Waals surface area contributed by atoms with Gasteiger partial charge < -0.3 is 25.5 Å². The van der Waals surface area contributed by atoms with Gasteiger partial charge in [0, 0.05) is 22.8 Å². The summed E-state index contributed by atoms with van der Waals surface area (Å²) >= 11 is 0. The Morgan fingerprint density at radius 1 is 1.14 bits per heavy atom. The fraction of sp³-hybridized carbons (Fsp3) is 0.759. The minimum absolute atomic E-state index is 0.0302. The maximum atomic E-state index is 11.7. The van der Waals surface area contributed by atoms with Crippen LogP contribution >= 0.6 is 0 Å². The summed E-state index contributed by atoms with van der Waals surface area (Å²) < 4.78 is 0. The van der Waals surface area contributed by atoms with Crippen LogP contribution in [0, 0.1) is 40.9 Å². The number of aliphatic hydroxyl groups is 4. The number of carboxylic acid groups (broad SMARTS) is 1. The van der Waals surface area contributed by atoms with Crippen molar-refractivity contribution < 1.29 is 30.3 Å². The molecule has 0 amide bonds. The fourth-order valence-corrected chi connectivity index (χ4v) is 6.33. The van der Waals surface area contributed by atoms with Gasteiger partial charge in [-0.2, -0.15) is 0 Å². The maximum Gasteiger partial charge on any atom is 0.330 e. The normalized spacial score (nSPS) is 35.4. The van der Waals surface area contributed by atoms with Crippen molar-refractivity contribution in [2.24, 2.45) is 40.9 Å². The number of aliphatic carboxylic acids is 1. The second-order valence-electron chi connectivity index (χ2n) is 11.8. The predicted octanol–water partition coefficient (Wildman–Crippen LogP) is 4.33. The van der Waals surface area contributed by atoms with E-state index in [1.54, 1.807) is 13.8 Å².